The van der Waals surface area contributed by atoms with Gasteiger partial charge in [-0.05, 0) is 57.7 Å². The Kier molecular flexibility index (Phi) is 5.47. The Hall–Kier alpha value is -2.42. The molecule has 1 N–H and O–H groups in total. The molecule has 0 spiro atoms. The summed E-state index contributed by atoms with van der Waals surface area (Å²) in [6.07, 6.45) is 4.50. The van der Waals surface area contributed by atoms with E-state index in [9.17, 15) is 13.2 Å². The van der Waals surface area contributed by atoms with Gasteiger partial charge in [0.2, 0.25) is 9.84 Å². The summed E-state index contributed by atoms with van der Waals surface area (Å²) in [5, 5.41) is 7.28. The summed E-state index contributed by atoms with van der Waals surface area (Å²) >= 11 is 0. The Morgan fingerprint density at radius 3 is 2.36 bits per heavy atom. The standard InChI is InChI=1S/C19H27N5O3S/c1-14-13-17(23(4)22-14)28(26,27)19(2,3)15-7-11-24(12-8-15)18(25)21-16-5-9-20-10-6-16/h5-6,9-10,13,15H,7-8,11-12H2,1-4H3,(H,20,21,25). The quantitative estimate of drug-likeness (QED) is 0.843. The van der Waals surface area contributed by atoms with Gasteiger partial charge in [0.1, 0.15) is 0 Å². The van der Waals surface area contributed by atoms with E-state index in [1.165, 1.54) is 4.68 Å². The Labute approximate surface area is 165 Å². The number of aromatic nitrogens is 3. The van der Waals surface area contributed by atoms with E-state index in [-0.39, 0.29) is 17.0 Å². The van der Waals surface area contributed by atoms with Crippen molar-refractivity contribution in [2.45, 2.75) is 43.4 Å². The Morgan fingerprint density at radius 1 is 1.21 bits per heavy atom. The third-order valence-electron chi connectivity index (χ3n) is 5.62. The monoisotopic (exact) mass is 405 g/mol. The van der Waals surface area contributed by atoms with Crippen molar-refractivity contribution in [1.82, 2.24) is 19.7 Å². The average Bonchev–Trinajstić information content (AvgIpc) is 3.01. The van der Waals surface area contributed by atoms with Crippen molar-refractivity contribution in [3.63, 3.8) is 0 Å². The number of sulfone groups is 1. The molecule has 3 rings (SSSR count). The maximum absolute atomic E-state index is 13.3. The highest BCUT2D eigenvalue weighted by Crippen LogP contribution is 2.38. The summed E-state index contributed by atoms with van der Waals surface area (Å²) in [5.41, 5.74) is 1.37. The van der Waals surface area contributed by atoms with Crippen LogP contribution in [-0.2, 0) is 16.9 Å². The number of hydrogen-bond donors (Lipinski definition) is 1. The summed E-state index contributed by atoms with van der Waals surface area (Å²) in [7, 11) is -1.91. The van der Waals surface area contributed by atoms with Gasteiger partial charge in [-0.25, -0.2) is 13.2 Å². The van der Waals surface area contributed by atoms with Gasteiger partial charge in [0.25, 0.3) is 0 Å². The number of nitrogens with one attached hydrogen (secondary N) is 1. The van der Waals surface area contributed by atoms with Gasteiger partial charge >= 0.3 is 6.03 Å². The first-order valence-corrected chi connectivity index (χ1v) is 10.8. The lowest BCUT2D eigenvalue weighted by molar-refractivity contribution is 0.171. The van der Waals surface area contributed by atoms with Crippen LogP contribution >= 0.6 is 0 Å². The van der Waals surface area contributed by atoms with Gasteiger partial charge in [-0.3, -0.25) is 9.67 Å². The van der Waals surface area contributed by atoms with Gasteiger partial charge in [0.05, 0.1) is 10.4 Å². The molecule has 1 aliphatic rings. The van der Waals surface area contributed by atoms with Crippen molar-refractivity contribution in [3.8, 4) is 0 Å². The van der Waals surface area contributed by atoms with Gasteiger partial charge in [-0.1, -0.05) is 0 Å². The molecule has 0 radical (unpaired) electrons. The normalized spacial score (nSPS) is 16.2. The molecule has 9 heteroatoms. The molecule has 0 aromatic carbocycles. The number of likely N-dealkylation sites (tertiary alicyclic amines) is 1. The van der Waals surface area contributed by atoms with Crippen LogP contribution in [0.5, 0.6) is 0 Å². The second-order valence-electron chi connectivity index (χ2n) is 7.78. The molecule has 2 aromatic heterocycles. The van der Waals surface area contributed by atoms with E-state index in [4.69, 9.17) is 0 Å². The van der Waals surface area contributed by atoms with Crippen molar-refractivity contribution < 1.29 is 13.2 Å². The van der Waals surface area contributed by atoms with Gasteiger partial charge in [-0.2, -0.15) is 5.10 Å². The van der Waals surface area contributed by atoms with Crippen molar-refractivity contribution in [3.05, 3.63) is 36.3 Å². The molecule has 3 heterocycles. The number of piperidine rings is 1. The molecule has 1 fully saturated rings. The number of amides is 2. The van der Waals surface area contributed by atoms with E-state index < -0.39 is 14.6 Å². The molecule has 2 aromatic rings. The second-order valence-corrected chi connectivity index (χ2v) is 10.3. The van der Waals surface area contributed by atoms with E-state index in [1.807, 2.05) is 0 Å². The molecule has 152 valence electrons. The van der Waals surface area contributed by atoms with Gasteiger partial charge in [-0.15, -0.1) is 0 Å². The molecule has 0 saturated carbocycles. The maximum atomic E-state index is 13.3. The lowest BCUT2D eigenvalue weighted by atomic mass is 9.86. The number of carbonyl (C=O) groups excluding carboxylic acids is 1. The van der Waals surface area contributed by atoms with Crippen LogP contribution < -0.4 is 5.32 Å². The molecule has 2 amide bonds. The molecule has 0 atom stereocenters. The molecular weight excluding hydrogens is 378 g/mol. The third-order valence-corrected chi connectivity index (χ3v) is 8.28. The van der Waals surface area contributed by atoms with Crippen molar-refractivity contribution in [2.24, 2.45) is 13.0 Å². The fourth-order valence-corrected chi connectivity index (χ4v) is 5.67. The minimum Gasteiger partial charge on any atom is -0.325 e. The van der Waals surface area contributed by atoms with Crippen molar-refractivity contribution >= 4 is 21.6 Å². The second kappa shape index (κ2) is 7.54. The fraction of sp³-hybridized carbons (Fsp3) is 0.526. The molecule has 1 aliphatic heterocycles. The lowest BCUT2D eigenvalue weighted by Gasteiger charge is -2.40. The Morgan fingerprint density at radius 2 is 1.82 bits per heavy atom. The van der Waals surface area contributed by atoms with E-state index in [0.717, 1.165) is 0 Å². The minimum atomic E-state index is -3.56. The summed E-state index contributed by atoms with van der Waals surface area (Å²) in [4.78, 5) is 18.1. The third kappa shape index (κ3) is 3.76. The van der Waals surface area contributed by atoms with Crippen LogP contribution in [0.2, 0.25) is 0 Å². The van der Waals surface area contributed by atoms with Crippen LogP contribution in [0.15, 0.2) is 35.6 Å². The van der Waals surface area contributed by atoms with Crippen LogP contribution in [-0.4, -0.2) is 51.9 Å². The number of pyridine rings is 1. The number of hydrogen-bond acceptors (Lipinski definition) is 5. The SMILES string of the molecule is Cc1cc(S(=O)(=O)C(C)(C)C2CCN(C(=O)Nc3ccncc3)CC2)n(C)n1. The zero-order valence-electron chi connectivity index (χ0n) is 16.7. The molecular formula is C19H27N5O3S. The Bertz CT molecular complexity index is 945. The highest BCUT2D eigenvalue weighted by molar-refractivity contribution is 7.92. The molecule has 0 unspecified atom stereocenters. The van der Waals surface area contributed by atoms with Gasteiger partial charge < -0.3 is 10.2 Å². The number of anilines is 1. The van der Waals surface area contributed by atoms with Crippen LogP contribution in [0, 0.1) is 12.8 Å². The Balaban J connectivity index is 1.68. The number of carbonyl (C=O) groups is 1. The number of nitrogens with zero attached hydrogens (tertiary/aromatic N) is 4. The zero-order chi connectivity index (χ0) is 20.5. The minimum absolute atomic E-state index is 0.0438. The molecule has 8 nitrogen and oxygen atoms in total. The first-order valence-electron chi connectivity index (χ1n) is 9.34. The molecule has 0 aliphatic carbocycles. The van der Waals surface area contributed by atoms with E-state index >= 15 is 0 Å². The van der Waals surface area contributed by atoms with Crippen LogP contribution in [0.1, 0.15) is 32.4 Å². The first kappa shape index (κ1) is 20.3. The molecule has 28 heavy (non-hydrogen) atoms. The van der Waals surface area contributed by atoms with Crippen LogP contribution in [0.3, 0.4) is 0 Å². The van der Waals surface area contributed by atoms with Crippen LogP contribution in [0.4, 0.5) is 10.5 Å². The van der Waals surface area contributed by atoms with Crippen molar-refractivity contribution in [1.29, 1.82) is 0 Å². The number of urea groups is 1. The zero-order valence-corrected chi connectivity index (χ0v) is 17.5. The summed E-state index contributed by atoms with van der Waals surface area (Å²) < 4.78 is 27.1. The first-order chi connectivity index (χ1) is 13.1. The molecule has 1 saturated heterocycles. The van der Waals surface area contributed by atoms with Crippen molar-refractivity contribution in [2.75, 3.05) is 18.4 Å². The smallest absolute Gasteiger partial charge is 0.321 e. The average molecular weight is 406 g/mol. The molecule has 0 bridgehead atoms. The van der Waals surface area contributed by atoms with Gasteiger partial charge in [0.15, 0.2) is 5.03 Å². The maximum Gasteiger partial charge on any atom is 0.321 e. The predicted molar refractivity (Wildman–Crippen MR) is 107 cm³/mol. The van der Waals surface area contributed by atoms with E-state index in [0.29, 0.717) is 37.3 Å². The van der Waals surface area contributed by atoms with Gasteiger partial charge in [0, 0.05) is 38.2 Å². The number of aryl methyl sites for hydroxylation is 2. The fourth-order valence-electron chi connectivity index (χ4n) is 3.74. The largest absolute Gasteiger partial charge is 0.325 e. The summed E-state index contributed by atoms with van der Waals surface area (Å²) in [6, 6.07) is 4.91. The van der Waals surface area contributed by atoms with E-state index in [2.05, 4.69) is 15.4 Å². The topological polar surface area (TPSA) is 97.2 Å². The predicted octanol–water partition coefficient (Wildman–Crippen LogP) is 2.62. The summed E-state index contributed by atoms with van der Waals surface area (Å²) in [6.45, 7) is 6.38. The highest BCUT2D eigenvalue weighted by atomic mass is 32.2. The number of rotatable bonds is 4. The van der Waals surface area contributed by atoms with Crippen LogP contribution in [0.25, 0.3) is 0 Å². The highest BCUT2D eigenvalue weighted by Gasteiger charge is 2.45. The summed E-state index contributed by atoms with van der Waals surface area (Å²) in [5.74, 6) is -0.0438. The lowest BCUT2D eigenvalue weighted by Crippen LogP contribution is -2.48. The van der Waals surface area contributed by atoms with E-state index in [1.54, 1.807) is 63.3 Å².